The van der Waals surface area contributed by atoms with Crippen molar-refractivity contribution >= 4 is 11.6 Å². The van der Waals surface area contributed by atoms with Crippen molar-refractivity contribution in [3.63, 3.8) is 0 Å². The normalized spacial score (nSPS) is 19.8. The number of hydrogen-bond donors (Lipinski definition) is 9. The van der Waals surface area contributed by atoms with Gasteiger partial charge in [0.25, 0.3) is 0 Å². The second-order valence-electron chi connectivity index (χ2n) is 9.91. The third kappa shape index (κ3) is 18.9. The van der Waals surface area contributed by atoms with E-state index in [9.17, 15) is 40.9 Å². The van der Waals surface area contributed by atoms with E-state index in [0.29, 0.717) is 26.4 Å². The Kier molecular flexibility index (Phi) is 23.9. The molecule has 0 bridgehead atoms. The zero-order valence-electron chi connectivity index (χ0n) is 23.9. The van der Waals surface area contributed by atoms with Gasteiger partial charge in [-0.25, -0.2) is 0 Å². The van der Waals surface area contributed by atoms with Crippen LogP contribution in [-0.4, -0.2) is 195 Å². The SMILES string of the molecule is CC(Cl)CC(C)OCCOCCOCCOCCN(C[C@H](O)[C@@H](O)[C@H](O)[C@H](O)CO)C[C@H](O)[C@@H](O)[C@H](O)[C@H](O)C[OH2+]. The van der Waals surface area contributed by atoms with E-state index in [1.54, 1.807) is 0 Å². The van der Waals surface area contributed by atoms with Crippen LogP contribution in [0.4, 0.5) is 0 Å². The topological polar surface area (TPSA) is 245 Å². The largest absolute Gasteiger partial charge is 0.443 e. The van der Waals surface area contributed by atoms with Crippen molar-refractivity contribution in [2.75, 3.05) is 79.1 Å². The summed E-state index contributed by atoms with van der Waals surface area (Å²) in [7, 11) is 0. The molecule has 0 amide bonds. The second-order valence-corrected chi connectivity index (χ2v) is 10.7. The Morgan fingerprint density at radius 3 is 1.49 bits per heavy atom. The Morgan fingerprint density at radius 2 is 1.05 bits per heavy atom. The maximum atomic E-state index is 10.4. The molecule has 41 heavy (non-hydrogen) atoms. The number of nitrogens with zero attached hydrogens (tertiary/aromatic N) is 1. The van der Waals surface area contributed by atoms with E-state index < -0.39 is 62.0 Å². The van der Waals surface area contributed by atoms with Crippen molar-refractivity contribution in [2.24, 2.45) is 0 Å². The summed E-state index contributed by atoms with van der Waals surface area (Å²) in [5, 5.41) is 95.9. The Morgan fingerprint density at radius 1 is 0.634 bits per heavy atom. The number of aliphatic hydroxyl groups excluding tert-OH is 9. The molecule has 15 nitrogen and oxygen atoms in total. The van der Waals surface area contributed by atoms with Crippen LogP contribution in [0.25, 0.3) is 0 Å². The van der Waals surface area contributed by atoms with Crippen molar-refractivity contribution in [3.8, 4) is 0 Å². The van der Waals surface area contributed by atoms with E-state index in [0.717, 1.165) is 6.42 Å². The van der Waals surface area contributed by atoms with Crippen molar-refractivity contribution in [3.05, 3.63) is 0 Å². The number of aliphatic hydroxyl groups is 9. The lowest BCUT2D eigenvalue weighted by Crippen LogP contribution is -2.53. The maximum absolute atomic E-state index is 10.4. The minimum Gasteiger partial charge on any atom is -0.443 e. The van der Waals surface area contributed by atoms with Gasteiger partial charge in [-0.1, -0.05) is 0 Å². The highest BCUT2D eigenvalue weighted by Crippen LogP contribution is 2.11. The molecule has 0 aromatic heterocycles. The van der Waals surface area contributed by atoms with Crippen LogP contribution in [0, 0.1) is 0 Å². The molecular weight excluding hydrogens is 574 g/mol. The Balaban J connectivity index is 4.53. The summed E-state index contributed by atoms with van der Waals surface area (Å²) >= 11 is 5.92. The molecule has 0 saturated heterocycles. The van der Waals surface area contributed by atoms with Crippen LogP contribution in [0.1, 0.15) is 20.3 Å². The highest BCUT2D eigenvalue weighted by Gasteiger charge is 2.34. The van der Waals surface area contributed by atoms with Crippen LogP contribution in [0.2, 0.25) is 0 Å². The monoisotopic (exact) mass is 626 g/mol. The highest BCUT2D eigenvalue weighted by atomic mass is 35.5. The summed E-state index contributed by atoms with van der Waals surface area (Å²) < 4.78 is 21.9. The lowest BCUT2D eigenvalue weighted by Gasteiger charge is -2.33. The van der Waals surface area contributed by atoms with Gasteiger partial charge in [-0.15, -0.1) is 11.6 Å². The zero-order valence-corrected chi connectivity index (χ0v) is 24.7. The van der Waals surface area contributed by atoms with Crippen molar-refractivity contribution < 1.29 is 70.0 Å². The predicted octanol–water partition coefficient (Wildman–Crippen LogP) is -4.64. The Bertz CT molecular complexity index is 583. The average molecular weight is 627 g/mol. The van der Waals surface area contributed by atoms with E-state index in [1.165, 1.54) is 4.90 Å². The molecule has 0 saturated carbocycles. The van der Waals surface area contributed by atoms with Crippen molar-refractivity contribution in [1.29, 1.82) is 0 Å². The molecule has 10 atom stereocenters. The summed E-state index contributed by atoms with van der Waals surface area (Å²) in [5.74, 6) is 0. The maximum Gasteiger partial charge on any atom is 0.172 e. The molecule has 0 rings (SSSR count). The molecular formula is C25H53ClNO14+. The molecule has 0 radical (unpaired) electrons. The minimum atomic E-state index is -1.85. The molecule has 0 aromatic rings. The van der Waals surface area contributed by atoms with Crippen LogP contribution in [0.15, 0.2) is 0 Å². The van der Waals surface area contributed by atoms with Gasteiger partial charge in [0.2, 0.25) is 0 Å². The molecule has 0 aliphatic rings. The molecule has 248 valence electrons. The van der Waals surface area contributed by atoms with Gasteiger partial charge in [0, 0.05) is 25.0 Å². The number of alkyl halides is 1. The van der Waals surface area contributed by atoms with Crippen LogP contribution < -0.4 is 0 Å². The van der Waals surface area contributed by atoms with Crippen LogP contribution >= 0.6 is 11.6 Å². The molecule has 0 heterocycles. The first-order valence-electron chi connectivity index (χ1n) is 13.8. The fourth-order valence-electron chi connectivity index (χ4n) is 3.71. The Labute approximate surface area is 246 Å². The van der Waals surface area contributed by atoms with Crippen LogP contribution in [0.5, 0.6) is 0 Å². The smallest absolute Gasteiger partial charge is 0.172 e. The third-order valence-corrected chi connectivity index (χ3v) is 6.32. The number of ether oxygens (including phenoxy) is 4. The molecule has 0 aliphatic carbocycles. The second kappa shape index (κ2) is 24.1. The molecule has 0 spiro atoms. The lowest BCUT2D eigenvalue weighted by molar-refractivity contribution is -0.131. The quantitative estimate of drug-likeness (QED) is 0.0236. The van der Waals surface area contributed by atoms with Gasteiger partial charge in [-0.3, -0.25) is 4.90 Å². The molecule has 0 fully saturated rings. The summed E-state index contributed by atoms with van der Waals surface area (Å²) in [5.41, 5.74) is 0. The summed E-state index contributed by atoms with van der Waals surface area (Å²) in [6, 6.07) is 0. The summed E-state index contributed by atoms with van der Waals surface area (Å²) in [6.45, 7) is 3.88. The molecule has 0 aliphatic heterocycles. The molecule has 11 N–H and O–H groups in total. The molecule has 2 unspecified atom stereocenters. The third-order valence-electron chi connectivity index (χ3n) is 6.15. The first-order chi connectivity index (χ1) is 19.3. The van der Waals surface area contributed by atoms with Gasteiger partial charge in [0.1, 0.15) is 30.5 Å². The minimum absolute atomic E-state index is 0.0448. The van der Waals surface area contributed by atoms with Crippen molar-refractivity contribution in [2.45, 2.75) is 80.6 Å². The first kappa shape index (κ1) is 40.7. The summed E-state index contributed by atoms with van der Waals surface area (Å²) in [4.78, 5) is 1.37. The zero-order chi connectivity index (χ0) is 31.4. The van der Waals surface area contributed by atoms with E-state index >= 15 is 0 Å². The average Bonchev–Trinajstić information content (AvgIpc) is 2.94. The lowest BCUT2D eigenvalue weighted by atomic mass is 10.0. The van der Waals surface area contributed by atoms with Crippen LogP contribution in [-0.2, 0) is 18.9 Å². The van der Waals surface area contributed by atoms with Gasteiger partial charge in [-0.05, 0) is 20.3 Å². The molecule has 0 aromatic carbocycles. The number of rotatable bonds is 27. The van der Waals surface area contributed by atoms with Gasteiger partial charge < -0.3 is 70.0 Å². The van der Waals surface area contributed by atoms with E-state index in [2.05, 4.69) is 0 Å². The molecule has 16 heteroatoms. The number of halogens is 1. The number of hydrogen-bond acceptors (Lipinski definition) is 14. The fraction of sp³-hybridized carbons (Fsp3) is 1.00. The first-order valence-corrected chi connectivity index (χ1v) is 14.2. The van der Waals surface area contributed by atoms with Crippen LogP contribution in [0.3, 0.4) is 0 Å². The van der Waals surface area contributed by atoms with E-state index in [4.69, 9.17) is 40.8 Å². The summed E-state index contributed by atoms with van der Waals surface area (Å²) in [6.07, 6.45) is -13.1. The van der Waals surface area contributed by atoms with Gasteiger partial charge in [0.05, 0.1) is 71.2 Å². The van der Waals surface area contributed by atoms with Gasteiger partial charge in [0.15, 0.2) is 12.7 Å². The van der Waals surface area contributed by atoms with E-state index in [-0.39, 0.29) is 50.9 Å². The standard InChI is InChI=1S/C25H52ClNO14/c1-16(26)11-17(2)41-10-9-40-8-7-39-6-5-38-4-3-27(12-18(30)22(34)24(36)20(32)14-28)13-19(31)23(35)25(37)21(33)15-29/h16-25,28-37H,3-15H2,1-2H3/p+1/t16?,17?,18-,19-,20+,21+,22+,23+,24+,25+/m0/s1. The fourth-order valence-corrected chi connectivity index (χ4v) is 3.96. The predicted molar refractivity (Wildman–Crippen MR) is 148 cm³/mol. The van der Waals surface area contributed by atoms with Gasteiger partial charge >= 0.3 is 0 Å². The van der Waals surface area contributed by atoms with Gasteiger partial charge in [-0.2, -0.15) is 0 Å². The van der Waals surface area contributed by atoms with E-state index in [1.807, 2.05) is 13.8 Å². The Hall–Kier alpha value is -0.310. The van der Waals surface area contributed by atoms with Crippen molar-refractivity contribution in [1.82, 2.24) is 4.90 Å². The highest BCUT2D eigenvalue weighted by molar-refractivity contribution is 6.20.